The van der Waals surface area contributed by atoms with Crippen molar-refractivity contribution in [2.75, 3.05) is 0 Å². The standard InChI is InChI=1S/C52H29N/c1-2-10-34(11-3-1)53-49-19-7-6-14-37(49)38-23-22-31(28-50(38)53)30-20-21-32-25-48-46-29-44-33(26-45(46)42-18-9-16-40(52(42)48)43(32)24-30)27-47-36-13-5-4-12-35(36)39-15-8-17-41(44)51(39)47/h1-29H. The van der Waals surface area contributed by atoms with Crippen LogP contribution in [0.2, 0.25) is 0 Å². The Kier molecular flexibility index (Phi) is 5.17. The molecule has 0 aliphatic rings. The van der Waals surface area contributed by atoms with Gasteiger partial charge in [-0.1, -0.05) is 121 Å². The Bertz CT molecular complexity index is 3660. The molecule has 242 valence electrons. The number of benzene rings is 10. The largest absolute Gasteiger partial charge is 0.309 e. The number of rotatable bonds is 2. The van der Waals surface area contributed by atoms with Crippen LogP contribution in [0.4, 0.5) is 0 Å². The van der Waals surface area contributed by atoms with Gasteiger partial charge in [-0.2, -0.15) is 0 Å². The Balaban J connectivity index is 1.06. The first-order valence-corrected chi connectivity index (χ1v) is 18.5. The zero-order chi connectivity index (χ0) is 34.4. The molecule has 13 aromatic rings. The Hall–Kier alpha value is -6.96. The highest BCUT2D eigenvalue weighted by molar-refractivity contribution is 6.39. The Labute approximate surface area is 304 Å². The molecule has 0 saturated heterocycles. The van der Waals surface area contributed by atoms with E-state index in [1.807, 2.05) is 0 Å². The molecule has 0 unspecified atom stereocenters. The summed E-state index contributed by atoms with van der Waals surface area (Å²) < 4.78 is 2.40. The van der Waals surface area contributed by atoms with Crippen LogP contribution >= 0.6 is 0 Å². The Morgan fingerprint density at radius 2 is 0.755 bits per heavy atom. The van der Waals surface area contributed by atoms with Crippen molar-refractivity contribution in [1.29, 1.82) is 0 Å². The fourth-order valence-electron chi connectivity index (χ4n) is 9.93. The highest BCUT2D eigenvalue weighted by Gasteiger charge is 2.19. The van der Waals surface area contributed by atoms with Crippen LogP contribution in [0.1, 0.15) is 0 Å². The monoisotopic (exact) mass is 667 g/mol. The molecule has 0 saturated carbocycles. The van der Waals surface area contributed by atoms with Gasteiger partial charge in [0, 0.05) is 16.5 Å². The second kappa shape index (κ2) is 9.88. The third kappa shape index (κ3) is 3.56. The van der Waals surface area contributed by atoms with Crippen LogP contribution in [-0.2, 0) is 0 Å². The molecule has 0 amide bonds. The van der Waals surface area contributed by atoms with Gasteiger partial charge in [0.2, 0.25) is 0 Å². The molecule has 12 aromatic carbocycles. The maximum atomic E-state index is 2.48. The summed E-state index contributed by atoms with van der Waals surface area (Å²) in [5.74, 6) is 0. The first kappa shape index (κ1) is 27.7. The molecular formula is C52H29N. The quantitative estimate of drug-likeness (QED) is 0.162. The first-order chi connectivity index (χ1) is 26.3. The van der Waals surface area contributed by atoms with Gasteiger partial charge in [0.15, 0.2) is 0 Å². The molecule has 0 N–H and O–H groups in total. The Morgan fingerprint density at radius 3 is 1.55 bits per heavy atom. The van der Waals surface area contributed by atoms with Crippen molar-refractivity contribution in [2.45, 2.75) is 0 Å². The van der Waals surface area contributed by atoms with Gasteiger partial charge in [0.1, 0.15) is 0 Å². The molecule has 0 fully saturated rings. The van der Waals surface area contributed by atoms with E-state index in [0.717, 1.165) is 0 Å². The van der Waals surface area contributed by atoms with Crippen LogP contribution in [-0.4, -0.2) is 4.57 Å². The summed E-state index contributed by atoms with van der Waals surface area (Å²) >= 11 is 0. The zero-order valence-electron chi connectivity index (χ0n) is 28.7. The van der Waals surface area contributed by atoms with Gasteiger partial charge in [0.25, 0.3) is 0 Å². The van der Waals surface area contributed by atoms with Crippen LogP contribution in [0.15, 0.2) is 176 Å². The van der Waals surface area contributed by atoms with E-state index in [0.29, 0.717) is 0 Å². The van der Waals surface area contributed by atoms with Gasteiger partial charge >= 0.3 is 0 Å². The summed E-state index contributed by atoms with van der Waals surface area (Å²) in [6, 6.07) is 65.9. The molecule has 0 radical (unpaired) electrons. The minimum absolute atomic E-state index is 1.18. The molecule has 53 heavy (non-hydrogen) atoms. The molecule has 1 heteroatoms. The molecular weight excluding hydrogens is 639 g/mol. The van der Waals surface area contributed by atoms with Gasteiger partial charge in [-0.3, -0.25) is 0 Å². The SMILES string of the molecule is c1ccc(-n2c3ccccc3c3ccc(-c4ccc5cc6c7cc8c(cc7c7cccc(c5c4)c76)cc4c5ccccc5c5cccc8c54)cc32)cc1. The number of para-hydroxylation sites is 2. The number of hydrogen-bond donors (Lipinski definition) is 0. The van der Waals surface area contributed by atoms with E-state index in [-0.39, 0.29) is 0 Å². The third-order valence-electron chi connectivity index (χ3n) is 12.2. The van der Waals surface area contributed by atoms with E-state index in [1.165, 1.54) is 125 Å². The van der Waals surface area contributed by atoms with Crippen LogP contribution in [0, 0.1) is 0 Å². The minimum Gasteiger partial charge on any atom is -0.309 e. The third-order valence-corrected chi connectivity index (χ3v) is 12.2. The van der Waals surface area contributed by atoms with Crippen molar-refractivity contribution < 1.29 is 0 Å². The topological polar surface area (TPSA) is 4.93 Å². The molecule has 0 aliphatic heterocycles. The number of hydrogen-bond acceptors (Lipinski definition) is 0. The van der Waals surface area contributed by atoms with E-state index < -0.39 is 0 Å². The van der Waals surface area contributed by atoms with Gasteiger partial charge in [0.05, 0.1) is 11.0 Å². The highest BCUT2D eigenvalue weighted by Crippen LogP contribution is 2.47. The van der Waals surface area contributed by atoms with E-state index >= 15 is 0 Å². The second-order valence-electron chi connectivity index (χ2n) is 14.8. The summed E-state index contributed by atoms with van der Waals surface area (Å²) in [5.41, 5.74) is 6.09. The first-order valence-electron chi connectivity index (χ1n) is 18.5. The molecule has 0 atom stereocenters. The van der Waals surface area contributed by atoms with Gasteiger partial charge in [-0.05, 0) is 152 Å². The van der Waals surface area contributed by atoms with Crippen molar-refractivity contribution in [1.82, 2.24) is 4.57 Å². The predicted octanol–water partition coefficient (Wildman–Crippen LogP) is 14.6. The molecule has 1 aromatic heterocycles. The van der Waals surface area contributed by atoms with Crippen LogP contribution in [0.3, 0.4) is 0 Å². The highest BCUT2D eigenvalue weighted by atomic mass is 15.0. The van der Waals surface area contributed by atoms with Crippen molar-refractivity contribution in [2.24, 2.45) is 0 Å². The van der Waals surface area contributed by atoms with Crippen LogP contribution in [0.5, 0.6) is 0 Å². The molecule has 1 heterocycles. The summed E-state index contributed by atoms with van der Waals surface area (Å²) in [5, 5.41) is 23.9. The van der Waals surface area contributed by atoms with E-state index in [2.05, 4.69) is 180 Å². The Morgan fingerprint density at radius 1 is 0.245 bits per heavy atom. The van der Waals surface area contributed by atoms with E-state index in [9.17, 15) is 0 Å². The van der Waals surface area contributed by atoms with Crippen LogP contribution in [0.25, 0.3) is 125 Å². The van der Waals surface area contributed by atoms with E-state index in [1.54, 1.807) is 0 Å². The van der Waals surface area contributed by atoms with Crippen molar-refractivity contribution in [3.05, 3.63) is 176 Å². The fraction of sp³-hybridized carbons (Fsp3) is 0. The summed E-state index contributed by atoms with van der Waals surface area (Å²) in [7, 11) is 0. The lowest BCUT2D eigenvalue weighted by Gasteiger charge is -2.11. The van der Waals surface area contributed by atoms with Crippen molar-refractivity contribution in [3.8, 4) is 16.8 Å². The maximum Gasteiger partial charge on any atom is 0.0547 e. The summed E-state index contributed by atoms with van der Waals surface area (Å²) in [6.07, 6.45) is 0. The number of fused-ring (bicyclic) bond motifs is 13. The predicted molar refractivity (Wildman–Crippen MR) is 229 cm³/mol. The van der Waals surface area contributed by atoms with Crippen molar-refractivity contribution in [3.63, 3.8) is 0 Å². The summed E-state index contributed by atoms with van der Waals surface area (Å²) in [6.45, 7) is 0. The fourth-order valence-corrected chi connectivity index (χ4v) is 9.93. The minimum atomic E-state index is 1.18. The molecule has 0 bridgehead atoms. The second-order valence-corrected chi connectivity index (χ2v) is 14.8. The lowest BCUT2D eigenvalue weighted by atomic mass is 9.94. The van der Waals surface area contributed by atoms with Gasteiger partial charge in [-0.25, -0.2) is 0 Å². The average molecular weight is 668 g/mol. The average Bonchev–Trinajstić information content (AvgIpc) is 3.84. The van der Waals surface area contributed by atoms with Gasteiger partial charge in [-0.15, -0.1) is 0 Å². The number of nitrogens with zero attached hydrogens (tertiary/aromatic N) is 1. The molecule has 1 nitrogen and oxygen atoms in total. The van der Waals surface area contributed by atoms with Crippen LogP contribution < -0.4 is 0 Å². The smallest absolute Gasteiger partial charge is 0.0547 e. The molecule has 0 aliphatic carbocycles. The molecule has 13 rings (SSSR count). The van der Waals surface area contributed by atoms with Gasteiger partial charge < -0.3 is 4.57 Å². The summed E-state index contributed by atoms with van der Waals surface area (Å²) in [4.78, 5) is 0. The lowest BCUT2D eigenvalue weighted by molar-refractivity contribution is 1.18. The normalized spacial score (nSPS) is 12.5. The lowest BCUT2D eigenvalue weighted by Crippen LogP contribution is -1.93. The van der Waals surface area contributed by atoms with Crippen molar-refractivity contribution >= 4 is 108 Å². The zero-order valence-corrected chi connectivity index (χ0v) is 28.7. The van der Waals surface area contributed by atoms with E-state index in [4.69, 9.17) is 0 Å². The number of aromatic nitrogens is 1. The maximum absolute atomic E-state index is 2.48. The molecule has 0 spiro atoms.